The van der Waals surface area contributed by atoms with Gasteiger partial charge in [0.25, 0.3) is 0 Å². The van der Waals surface area contributed by atoms with Crippen LogP contribution in [0.2, 0.25) is 0 Å². The summed E-state index contributed by atoms with van der Waals surface area (Å²) in [6, 6.07) is 0. The van der Waals surface area contributed by atoms with E-state index in [-0.39, 0.29) is 11.9 Å². The van der Waals surface area contributed by atoms with Crippen molar-refractivity contribution in [1.82, 2.24) is 0 Å². The van der Waals surface area contributed by atoms with Crippen LogP contribution in [-0.4, -0.2) is 12.6 Å². The molecule has 0 saturated heterocycles. The molecule has 2 bridgehead atoms. The van der Waals surface area contributed by atoms with Crippen molar-refractivity contribution in [3.05, 3.63) is 12.7 Å². The molecule has 0 N–H and O–H groups in total. The predicted molar refractivity (Wildman–Crippen MR) is 50.1 cm³/mol. The molecule has 0 aromatic rings. The molecule has 2 nitrogen and oxygen atoms in total. The maximum Gasteiger partial charge on any atom is 0.309 e. The number of esters is 1. The number of rotatable bonds is 3. The van der Waals surface area contributed by atoms with Crippen LogP contribution < -0.4 is 0 Å². The third-order valence-corrected chi connectivity index (χ3v) is 3.38. The molecule has 0 amide bonds. The quantitative estimate of drug-likeness (QED) is 0.491. The van der Waals surface area contributed by atoms with Crippen LogP contribution in [0.4, 0.5) is 0 Å². The molecule has 2 aliphatic rings. The molecule has 2 aliphatic carbocycles. The summed E-state index contributed by atoms with van der Waals surface area (Å²) in [5, 5.41) is 0. The van der Waals surface area contributed by atoms with E-state index in [4.69, 9.17) is 4.74 Å². The van der Waals surface area contributed by atoms with Gasteiger partial charge in [-0.25, -0.2) is 0 Å². The molecule has 0 radical (unpaired) electrons. The van der Waals surface area contributed by atoms with Gasteiger partial charge in [0, 0.05) is 0 Å². The molecule has 3 atom stereocenters. The highest BCUT2D eigenvalue weighted by molar-refractivity contribution is 5.73. The topological polar surface area (TPSA) is 26.3 Å². The molecule has 72 valence electrons. The lowest BCUT2D eigenvalue weighted by atomic mass is 9.89. The SMILES string of the molecule is C=CCOC(=O)C1CC2CCC1C2. The summed E-state index contributed by atoms with van der Waals surface area (Å²) < 4.78 is 5.07. The molecule has 0 aromatic heterocycles. The second-order valence-corrected chi connectivity index (χ2v) is 4.20. The normalized spacial score (nSPS) is 36.2. The average molecular weight is 180 g/mol. The Bertz CT molecular complexity index is 222. The monoisotopic (exact) mass is 180 g/mol. The summed E-state index contributed by atoms with van der Waals surface area (Å²) in [6.07, 6.45) is 6.52. The van der Waals surface area contributed by atoms with E-state index in [1.807, 2.05) is 0 Å². The van der Waals surface area contributed by atoms with E-state index in [9.17, 15) is 4.79 Å². The standard InChI is InChI=1S/C11H16O2/c1-2-5-13-11(12)10-7-8-3-4-9(10)6-8/h2,8-10H,1,3-7H2. The van der Waals surface area contributed by atoms with Gasteiger partial charge in [0.15, 0.2) is 0 Å². The highest BCUT2D eigenvalue weighted by Crippen LogP contribution is 2.48. The Morgan fingerprint density at radius 3 is 2.85 bits per heavy atom. The Labute approximate surface area is 79.0 Å². The molecule has 2 saturated carbocycles. The van der Waals surface area contributed by atoms with Gasteiger partial charge in [0.05, 0.1) is 5.92 Å². The molecular weight excluding hydrogens is 164 g/mol. The Hall–Kier alpha value is -0.790. The van der Waals surface area contributed by atoms with E-state index in [1.165, 1.54) is 19.3 Å². The number of fused-ring (bicyclic) bond motifs is 2. The largest absolute Gasteiger partial charge is 0.461 e. The van der Waals surface area contributed by atoms with Crippen molar-refractivity contribution in [2.24, 2.45) is 17.8 Å². The van der Waals surface area contributed by atoms with Crippen molar-refractivity contribution in [2.45, 2.75) is 25.7 Å². The summed E-state index contributed by atoms with van der Waals surface area (Å²) in [5.74, 6) is 1.65. The highest BCUT2D eigenvalue weighted by atomic mass is 16.5. The van der Waals surface area contributed by atoms with Gasteiger partial charge in [-0.1, -0.05) is 19.1 Å². The van der Waals surface area contributed by atoms with Gasteiger partial charge in [-0.3, -0.25) is 4.79 Å². The van der Waals surface area contributed by atoms with Gasteiger partial charge in [0.2, 0.25) is 0 Å². The fourth-order valence-electron chi connectivity index (χ4n) is 2.78. The van der Waals surface area contributed by atoms with E-state index >= 15 is 0 Å². The van der Waals surface area contributed by atoms with E-state index < -0.39 is 0 Å². The third kappa shape index (κ3) is 1.62. The fraction of sp³-hybridized carbons (Fsp3) is 0.727. The summed E-state index contributed by atoms with van der Waals surface area (Å²) in [5.41, 5.74) is 0. The zero-order valence-electron chi connectivity index (χ0n) is 7.87. The molecule has 13 heavy (non-hydrogen) atoms. The number of carbonyl (C=O) groups is 1. The van der Waals surface area contributed by atoms with E-state index in [1.54, 1.807) is 6.08 Å². The number of hydrogen-bond donors (Lipinski definition) is 0. The van der Waals surface area contributed by atoms with E-state index in [2.05, 4.69) is 6.58 Å². The molecule has 0 aromatic carbocycles. The van der Waals surface area contributed by atoms with Gasteiger partial charge in [-0.05, 0) is 31.1 Å². The van der Waals surface area contributed by atoms with Crippen LogP contribution in [0.5, 0.6) is 0 Å². The van der Waals surface area contributed by atoms with E-state index in [0.29, 0.717) is 12.5 Å². The number of hydrogen-bond acceptors (Lipinski definition) is 2. The van der Waals surface area contributed by atoms with Crippen LogP contribution in [0, 0.1) is 17.8 Å². The number of carbonyl (C=O) groups excluding carboxylic acids is 1. The van der Waals surface area contributed by atoms with Crippen LogP contribution in [0.1, 0.15) is 25.7 Å². The first-order chi connectivity index (χ1) is 6.31. The van der Waals surface area contributed by atoms with Gasteiger partial charge >= 0.3 is 5.97 Å². The minimum atomic E-state index is 0.00657. The minimum Gasteiger partial charge on any atom is -0.461 e. The van der Waals surface area contributed by atoms with Crippen molar-refractivity contribution in [3.8, 4) is 0 Å². The first kappa shape index (κ1) is 8.79. The maximum atomic E-state index is 11.5. The summed E-state index contributed by atoms with van der Waals surface area (Å²) in [7, 11) is 0. The van der Waals surface area contributed by atoms with Crippen molar-refractivity contribution >= 4 is 5.97 Å². The Kier molecular flexibility index (Phi) is 2.38. The first-order valence-corrected chi connectivity index (χ1v) is 5.08. The van der Waals surface area contributed by atoms with Crippen molar-refractivity contribution in [2.75, 3.05) is 6.61 Å². The lowest BCUT2D eigenvalue weighted by molar-refractivity contribution is -0.149. The maximum absolute atomic E-state index is 11.5. The lowest BCUT2D eigenvalue weighted by Gasteiger charge is -2.19. The highest BCUT2D eigenvalue weighted by Gasteiger charge is 2.43. The molecule has 0 aliphatic heterocycles. The van der Waals surface area contributed by atoms with Crippen molar-refractivity contribution < 1.29 is 9.53 Å². The number of ether oxygens (including phenoxy) is 1. The van der Waals surface area contributed by atoms with Crippen LogP contribution in [0.25, 0.3) is 0 Å². The smallest absolute Gasteiger partial charge is 0.309 e. The molecule has 3 unspecified atom stereocenters. The molecular formula is C11H16O2. The Morgan fingerprint density at radius 1 is 1.46 bits per heavy atom. The molecule has 2 fully saturated rings. The molecule has 0 heterocycles. The van der Waals surface area contributed by atoms with Crippen molar-refractivity contribution in [1.29, 1.82) is 0 Å². The Balaban J connectivity index is 1.87. The van der Waals surface area contributed by atoms with Gasteiger partial charge < -0.3 is 4.74 Å². The lowest BCUT2D eigenvalue weighted by Crippen LogP contribution is -2.23. The van der Waals surface area contributed by atoms with Crippen LogP contribution in [-0.2, 0) is 9.53 Å². The second kappa shape index (κ2) is 3.52. The first-order valence-electron chi connectivity index (χ1n) is 5.08. The van der Waals surface area contributed by atoms with Crippen molar-refractivity contribution in [3.63, 3.8) is 0 Å². The van der Waals surface area contributed by atoms with Crippen LogP contribution >= 0.6 is 0 Å². The second-order valence-electron chi connectivity index (χ2n) is 4.20. The van der Waals surface area contributed by atoms with Gasteiger partial charge in [-0.15, -0.1) is 0 Å². The summed E-state index contributed by atoms with van der Waals surface area (Å²) in [6.45, 7) is 3.90. The molecule has 2 heteroatoms. The van der Waals surface area contributed by atoms with Gasteiger partial charge in [0.1, 0.15) is 6.61 Å². The fourth-order valence-corrected chi connectivity index (χ4v) is 2.78. The molecule has 2 rings (SSSR count). The summed E-state index contributed by atoms with van der Waals surface area (Å²) >= 11 is 0. The third-order valence-electron chi connectivity index (χ3n) is 3.38. The minimum absolute atomic E-state index is 0.00657. The van der Waals surface area contributed by atoms with Gasteiger partial charge in [-0.2, -0.15) is 0 Å². The molecule has 0 spiro atoms. The van der Waals surface area contributed by atoms with Crippen LogP contribution in [0.15, 0.2) is 12.7 Å². The zero-order chi connectivity index (χ0) is 9.26. The summed E-state index contributed by atoms with van der Waals surface area (Å²) in [4.78, 5) is 11.5. The average Bonchev–Trinajstić information content (AvgIpc) is 2.74. The van der Waals surface area contributed by atoms with E-state index in [0.717, 1.165) is 12.3 Å². The Morgan fingerprint density at radius 2 is 2.31 bits per heavy atom. The van der Waals surface area contributed by atoms with Crippen LogP contribution in [0.3, 0.4) is 0 Å². The predicted octanol–water partition coefficient (Wildman–Crippen LogP) is 2.15. The zero-order valence-corrected chi connectivity index (χ0v) is 7.87.